The van der Waals surface area contributed by atoms with Gasteiger partial charge in [0.25, 0.3) is 0 Å². The number of unbranched alkanes of at least 4 members (excludes halogenated alkanes) is 1. The van der Waals surface area contributed by atoms with E-state index in [1.54, 1.807) is 15.7 Å². The third-order valence-electron chi connectivity index (χ3n) is 5.28. The molecular formula is C24H22N6O4S2. The zero-order valence-electron chi connectivity index (χ0n) is 19.6. The van der Waals surface area contributed by atoms with Gasteiger partial charge in [0.05, 0.1) is 35.3 Å². The maximum Gasteiger partial charge on any atom is 0.376 e. The molecule has 184 valence electrons. The summed E-state index contributed by atoms with van der Waals surface area (Å²) in [5.41, 5.74) is 3.47. The van der Waals surface area contributed by atoms with Gasteiger partial charge in [-0.15, -0.1) is 0 Å². The molecule has 0 N–H and O–H groups in total. The van der Waals surface area contributed by atoms with Crippen molar-refractivity contribution in [2.45, 2.75) is 26.7 Å². The molecule has 0 fully saturated rings. The molecule has 0 radical (unpaired) electrons. The summed E-state index contributed by atoms with van der Waals surface area (Å²) in [5, 5.41) is 0. The number of aromatic nitrogens is 6. The van der Waals surface area contributed by atoms with Gasteiger partial charge in [-0.1, -0.05) is 37.6 Å². The van der Waals surface area contributed by atoms with E-state index in [1.165, 1.54) is 23.1 Å². The highest BCUT2D eigenvalue weighted by atomic mass is 32.1. The van der Waals surface area contributed by atoms with Crippen LogP contribution in [0.4, 0.5) is 0 Å². The summed E-state index contributed by atoms with van der Waals surface area (Å²) in [6.45, 7) is 4.59. The molecule has 0 atom stereocenters. The predicted octanol–water partition coefficient (Wildman–Crippen LogP) is 5.02. The number of benzene rings is 2. The minimum absolute atomic E-state index is 0.292. The Kier molecular flexibility index (Phi) is 6.87. The van der Waals surface area contributed by atoms with Crippen molar-refractivity contribution in [3.63, 3.8) is 0 Å². The number of nitrogens with zero attached hydrogens (tertiary/aromatic N) is 6. The van der Waals surface area contributed by atoms with Gasteiger partial charge in [0.2, 0.25) is 21.6 Å². The van der Waals surface area contributed by atoms with E-state index in [1.807, 2.05) is 48.5 Å². The lowest BCUT2D eigenvalue weighted by Gasteiger charge is -2.01. The normalized spacial score (nSPS) is 11.2. The number of esters is 2. The molecule has 4 aromatic heterocycles. The number of hydrogen-bond acceptors (Lipinski definition) is 10. The Hall–Kier alpha value is -3.90. The number of rotatable bonds is 6. The summed E-state index contributed by atoms with van der Waals surface area (Å²) < 4.78 is 21.9. The van der Waals surface area contributed by atoms with Gasteiger partial charge in [0.15, 0.2) is 0 Å². The van der Waals surface area contributed by atoms with E-state index < -0.39 is 5.97 Å². The number of para-hydroxylation sites is 4. The number of carbonyl (C=O) groups is 2. The Morgan fingerprint density at radius 1 is 0.778 bits per heavy atom. The van der Waals surface area contributed by atoms with Crippen LogP contribution in [0, 0.1) is 0 Å². The monoisotopic (exact) mass is 522 g/mol. The second-order valence-corrected chi connectivity index (χ2v) is 9.12. The first-order valence-corrected chi connectivity index (χ1v) is 13.0. The molecule has 0 spiro atoms. The van der Waals surface area contributed by atoms with Crippen molar-refractivity contribution >= 4 is 67.0 Å². The maximum atomic E-state index is 12.0. The van der Waals surface area contributed by atoms with Crippen LogP contribution in [0.2, 0.25) is 0 Å². The smallest absolute Gasteiger partial charge is 0.376 e. The first kappa shape index (κ1) is 23.8. The van der Waals surface area contributed by atoms with E-state index in [2.05, 4.69) is 25.6 Å². The van der Waals surface area contributed by atoms with E-state index >= 15 is 0 Å². The minimum atomic E-state index is -0.415. The van der Waals surface area contributed by atoms with Crippen molar-refractivity contribution < 1.29 is 19.1 Å². The van der Waals surface area contributed by atoms with E-state index in [9.17, 15) is 9.59 Å². The molecule has 4 heterocycles. The van der Waals surface area contributed by atoms with Gasteiger partial charge in [-0.2, -0.15) is 8.75 Å². The van der Waals surface area contributed by atoms with E-state index in [0.717, 1.165) is 34.9 Å². The van der Waals surface area contributed by atoms with Crippen molar-refractivity contribution in [1.82, 2.24) is 27.5 Å². The molecule has 0 unspecified atom stereocenters. The van der Waals surface area contributed by atoms with Crippen molar-refractivity contribution in [1.29, 1.82) is 0 Å². The van der Waals surface area contributed by atoms with Crippen molar-refractivity contribution in [2.24, 2.45) is 0 Å². The fourth-order valence-corrected chi connectivity index (χ4v) is 5.08. The quantitative estimate of drug-likeness (QED) is 0.221. The molecule has 0 aliphatic carbocycles. The maximum absolute atomic E-state index is 12.0. The molecule has 0 aliphatic heterocycles. The Morgan fingerprint density at radius 3 is 1.78 bits per heavy atom. The summed E-state index contributed by atoms with van der Waals surface area (Å²) >= 11 is 2.40. The average molecular weight is 523 g/mol. The van der Waals surface area contributed by atoms with Crippen molar-refractivity contribution in [3.05, 3.63) is 60.2 Å². The van der Waals surface area contributed by atoms with Crippen LogP contribution >= 0.6 is 23.1 Å². The number of ether oxygens (including phenoxy) is 2. The Bertz CT molecular complexity index is 1680. The van der Waals surface area contributed by atoms with Crippen molar-refractivity contribution in [2.75, 3.05) is 13.2 Å². The van der Waals surface area contributed by atoms with Crippen LogP contribution < -0.4 is 0 Å². The Balaban J connectivity index is 0.000000149. The topological polar surface area (TPSA) is 113 Å². The molecule has 2 aromatic carbocycles. The van der Waals surface area contributed by atoms with Gasteiger partial charge >= 0.3 is 11.9 Å². The zero-order chi connectivity index (χ0) is 25.1. The van der Waals surface area contributed by atoms with Crippen LogP contribution in [0.3, 0.4) is 0 Å². The first-order valence-electron chi connectivity index (χ1n) is 11.4. The average Bonchev–Trinajstić information content (AvgIpc) is 3.64. The Labute approximate surface area is 213 Å². The largest absolute Gasteiger partial charge is 0.460 e. The summed E-state index contributed by atoms with van der Waals surface area (Å²) in [5.74, 6) is -0.199. The molecule has 0 aliphatic rings. The molecule has 0 bridgehead atoms. The van der Waals surface area contributed by atoms with Gasteiger partial charge in [-0.05, 0) is 37.6 Å². The highest BCUT2D eigenvalue weighted by Gasteiger charge is 2.20. The third-order valence-corrected chi connectivity index (χ3v) is 6.69. The van der Waals surface area contributed by atoms with E-state index in [-0.39, 0.29) is 5.97 Å². The summed E-state index contributed by atoms with van der Waals surface area (Å²) in [6, 6.07) is 15.3. The third kappa shape index (κ3) is 4.40. The number of fused-ring (bicyclic) bond motifs is 6. The highest BCUT2D eigenvalue weighted by Crippen LogP contribution is 2.22. The van der Waals surface area contributed by atoms with E-state index in [0.29, 0.717) is 34.8 Å². The van der Waals surface area contributed by atoms with Crippen molar-refractivity contribution in [3.8, 4) is 0 Å². The number of hydrogen-bond donors (Lipinski definition) is 0. The van der Waals surface area contributed by atoms with Crippen LogP contribution in [0.5, 0.6) is 0 Å². The van der Waals surface area contributed by atoms with Crippen LogP contribution in [0.25, 0.3) is 32.0 Å². The van der Waals surface area contributed by atoms with Crippen LogP contribution in [0.1, 0.15) is 47.9 Å². The molecule has 12 heteroatoms. The molecule has 6 aromatic rings. The van der Waals surface area contributed by atoms with Crippen LogP contribution in [0.15, 0.2) is 48.5 Å². The predicted molar refractivity (Wildman–Crippen MR) is 138 cm³/mol. The van der Waals surface area contributed by atoms with Gasteiger partial charge in [-0.25, -0.2) is 19.6 Å². The fourth-order valence-electron chi connectivity index (χ4n) is 3.62. The summed E-state index contributed by atoms with van der Waals surface area (Å²) in [6.07, 6.45) is 1.86. The first-order chi connectivity index (χ1) is 17.6. The van der Waals surface area contributed by atoms with Crippen LogP contribution in [-0.2, 0) is 9.47 Å². The van der Waals surface area contributed by atoms with Gasteiger partial charge in [-0.3, -0.25) is 8.80 Å². The van der Waals surface area contributed by atoms with Gasteiger partial charge in [0.1, 0.15) is 0 Å². The lowest BCUT2D eigenvalue weighted by Crippen LogP contribution is -2.10. The Morgan fingerprint density at radius 2 is 1.28 bits per heavy atom. The number of imidazole rings is 2. The lowest BCUT2D eigenvalue weighted by atomic mass is 10.3. The molecule has 0 saturated heterocycles. The van der Waals surface area contributed by atoms with E-state index in [4.69, 9.17) is 9.47 Å². The lowest BCUT2D eigenvalue weighted by molar-refractivity contribution is 0.0483. The molecule has 10 nitrogen and oxygen atoms in total. The van der Waals surface area contributed by atoms with Gasteiger partial charge < -0.3 is 9.47 Å². The molecule has 0 saturated carbocycles. The fraction of sp³-hybridized carbons (Fsp3) is 0.250. The van der Waals surface area contributed by atoms with Gasteiger partial charge in [0, 0.05) is 23.1 Å². The van der Waals surface area contributed by atoms with Crippen LogP contribution in [-0.4, -0.2) is 52.7 Å². The molecule has 0 amide bonds. The molecular weight excluding hydrogens is 500 g/mol. The second-order valence-electron chi connectivity index (χ2n) is 7.66. The summed E-state index contributed by atoms with van der Waals surface area (Å²) in [4.78, 5) is 34.0. The highest BCUT2D eigenvalue weighted by molar-refractivity contribution is 7.11. The zero-order valence-corrected chi connectivity index (χ0v) is 21.2. The number of carbonyl (C=O) groups excluding carboxylic acids is 2. The minimum Gasteiger partial charge on any atom is -0.460 e. The second kappa shape index (κ2) is 10.4. The SMILES string of the molecule is CCCCOC(=O)c1nsc2nc3ccccc3n12.CCOC(=O)c1nsc2nc3ccccc3n12. The molecule has 6 rings (SSSR count). The standard InChI is InChI=1S/C13H13N3O2S.C11H9N3O2S/c1-2-3-8-18-12(17)11-15-19-13-14-9-6-4-5-7-10(9)16(11)13;1-2-16-10(15)9-13-17-11-12-7-5-3-4-6-8(7)14(9)11/h4-7H,2-3,8H2,1H3;3-6H,2H2,1H3. The molecule has 36 heavy (non-hydrogen) atoms. The summed E-state index contributed by atoms with van der Waals surface area (Å²) in [7, 11) is 0.